The number of ether oxygens (including phenoxy) is 1. The Morgan fingerprint density at radius 3 is 2.46 bits per heavy atom. The molecule has 0 unspecified atom stereocenters. The van der Waals surface area contributed by atoms with Crippen molar-refractivity contribution in [2.75, 3.05) is 22.5 Å². The van der Waals surface area contributed by atoms with Gasteiger partial charge in [0, 0.05) is 11.8 Å². The molecule has 1 atom stereocenters. The highest BCUT2D eigenvalue weighted by Gasteiger charge is 2.29. The second-order valence-electron chi connectivity index (χ2n) is 5.66. The Balaban J connectivity index is 2.25. The second-order valence-corrected chi connectivity index (χ2v) is 7.52. The Morgan fingerprint density at radius 2 is 1.88 bits per heavy atom. The number of sulfonamides is 1. The van der Waals surface area contributed by atoms with Gasteiger partial charge in [0.25, 0.3) is 0 Å². The molecule has 0 aliphatic heterocycles. The average molecular weight is 380 g/mol. The SMILES string of the molecule is CCOc1cccc(NC(=O)[C@H](C)N(c2ccc(F)cc2)S(C)(=O)=O)c1. The van der Waals surface area contributed by atoms with Crippen molar-refractivity contribution in [1.82, 2.24) is 0 Å². The van der Waals surface area contributed by atoms with Gasteiger partial charge in [-0.3, -0.25) is 9.10 Å². The molecule has 0 heterocycles. The zero-order valence-electron chi connectivity index (χ0n) is 14.8. The normalized spacial score (nSPS) is 12.3. The van der Waals surface area contributed by atoms with E-state index >= 15 is 0 Å². The standard InChI is InChI=1S/C18H21FN2O4S/c1-4-25-17-7-5-6-15(12-17)20-18(22)13(2)21(26(3,23)24)16-10-8-14(19)9-11-16/h5-13H,4H2,1-3H3,(H,20,22)/t13-/m0/s1. The van der Waals surface area contributed by atoms with Crippen LogP contribution in [-0.2, 0) is 14.8 Å². The van der Waals surface area contributed by atoms with Crippen molar-refractivity contribution >= 4 is 27.3 Å². The van der Waals surface area contributed by atoms with Gasteiger partial charge in [-0.2, -0.15) is 0 Å². The number of hydrogen-bond donors (Lipinski definition) is 1. The molecule has 6 nitrogen and oxygen atoms in total. The molecular formula is C18H21FN2O4S. The number of anilines is 2. The van der Waals surface area contributed by atoms with Crippen molar-refractivity contribution in [2.45, 2.75) is 19.9 Å². The van der Waals surface area contributed by atoms with Crippen molar-refractivity contribution < 1.29 is 22.3 Å². The number of nitrogens with one attached hydrogen (secondary N) is 1. The van der Waals surface area contributed by atoms with Gasteiger partial charge >= 0.3 is 0 Å². The van der Waals surface area contributed by atoms with Crippen LogP contribution in [0.25, 0.3) is 0 Å². The van der Waals surface area contributed by atoms with E-state index in [4.69, 9.17) is 4.74 Å². The van der Waals surface area contributed by atoms with Gasteiger partial charge < -0.3 is 10.1 Å². The molecule has 0 bridgehead atoms. The quantitative estimate of drug-likeness (QED) is 0.801. The summed E-state index contributed by atoms with van der Waals surface area (Å²) in [5, 5.41) is 2.68. The van der Waals surface area contributed by atoms with E-state index in [9.17, 15) is 17.6 Å². The highest BCUT2D eigenvalue weighted by Crippen LogP contribution is 2.23. The first kappa shape index (κ1) is 19.7. The Bertz CT molecular complexity index is 869. The van der Waals surface area contributed by atoms with E-state index in [0.717, 1.165) is 22.7 Å². The average Bonchev–Trinajstić information content (AvgIpc) is 2.56. The van der Waals surface area contributed by atoms with E-state index < -0.39 is 27.8 Å². The fourth-order valence-electron chi connectivity index (χ4n) is 2.47. The monoisotopic (exact) mass is 380 g/mol. The third kappa shape index (κ3) is 4.95. The maximum atomic E-state index is 13.1. The Hall–Kier alpha value is -2.61. The van der Waals surface area contributed by atoms with Crippen molar-refractivity contribution in [2.24, 2.45) is 0 Å². The minimum Gasteiger partial charge on any atom is -0.494 e. The van der Waals surface area contributed by atoms with E-state index in [0.29, 0.717) is 18.0 Å². The van der Waals surface area contributed by atoms with Crippen LogP contribution in [0.2, 0.25) is 0 Å². The number of amides is 1. The zero-order valence-corrected chi connectivity index (χ0v) is 15.6. The minimum absolute atomic E-state index is 0.208. The number of halogens is 1. The molecule has 0 saturated carbocycles. The van der Waals surface area contributed by atoms with Crippen LogP contribution in [0, 0.1) is 5.82 Å². The summed E-state index contributed by atoms with van der Waals surface area (Å²) < 4.78 is 43.8. The number of rotatable bonds is 7. The second kappa shape index (κ2) is 8.18. The first-order valence-corrected chi connectivity index (χ1v) is 9.86. The smallest absolute Gasteiger partial charge is 0.247 e. The third-order valence-corrected chi connectivity index (χ3v) is 4.82. The van der Waals surface area contributed by atoms with Crippen LogP contribution < -0.4 is 14.4 Å². The molecule has 0 aromatic heterocycles. The predicted octanol–water partition coefficient (Wildman–Crippen LogP) is 3.02. The van der Waals surface area contributed by atoms with E-state index in [2.05, 4.69) is 5.32 Å². The van der Waals surface area contributed by atoms with Crippen LogP contribution in [0.4, 0.5) is 15.8 Å². The number of benzene rings is 2. The molecule has 1 N–H and O–H groups in total. The predicted molar refractivity (Wildman–Crippen MR) is 99.4 cm³/mol. The summed E-state index contributed by atoms with van der Waals surface area (Å²) in [5.41, 5.74) is 0.694. The molecule has 0 spiro atoms. The van der Waals surface area contributed by atoms with Crippen LogP contribution in [0.5, 0.6) is 5.75 Å². The molecule has 2 aromatic rings. The molecular weight excluding hydrogens is 359 g/mol. The molecule has 0 aliphatic carbocycles. The van der Waals surface area contributed by atoms with Gasteiger partial charge in [0.05, 0.1) is 18.6 Å². The molecule has 2 rings (SSSR count). The fourth-order valence-corrected chi connectivity index (χ4v) is 3.65. The summed E-state index contributed by atoms with van der Waals surface area (Å²) in [4.78, 5) is 12.6. The Kier molecular flexibility index (Phi) is 6.20. The van der Waals surface area contributed by atoms with Crippen LogP contribution in [0.1, 0.15) is 13.8 Å². The topological polar surface area (TPSA) is 75.7 Å². The van der Waals surface area contributed by atoms with Crippen molar-refractivity contribution in [3.8, 4) is 5.75 Å². The van der Waals surface area contributed by atoms with Gasteiger partial charge in [-0.1, -0.05) is 6.07 Å². The highest BCUT2D eigenvalue weighted by atomic mass is 32.2. The number of nitrogens with zero attached hydrogens (tertiary/aromatic N) is 1. The minimum atomic E-state index is -3.76. The Labute approximate surface area is 152 Å². The maximum Gasteiger partial charge on any atom is 0.247 e. The van der Waals surface area contributed by atoms with E-state index in [-0.39, 0.29) is 5.69 Å². The summed E-state index contributed by atoms with van der Waals surface area (Å²) in [6.07, 6.45) is 0.996. The van der Waals surface area contributed by atoms with Gasteiger partial charge in [0.15, 0.2) is 0 Å². The number of hydrogen-bond acceptors (Lipinski definition) is 4. The molecule has 0 fully saturated rings. The lowest BCUT2D eigenvalue weighted by Gasteiger charge is -2.28. The number of carbonyl (C=O) groups excluding carboxylic acids is 1. The van der Waals surface area contributed by atoms with Crippen molar-refractivity contribution in [1.29, 1.82) is 0 Å². The molecule has 0 saturated heterocycles. The van der Waals surface area contributed by atoms with E-state index in [1.807, 2.05) is 6.92 Å². The molecule has 140 valence electrons. The molecule has 0 aliphatic rings. The first-order chi connectivity index (χ1) is 12.2. The Morgan fingerprint density at radius 1 is 1.23 bits per heavy atom. The molecule has 0 radical (unpaired) electrons. The van der Waals surface area contributed by atoms with Crippen molar-refractivity contribution in [3.63, 3.8) is 0 Å². The van der Waals surface area contributed by atoms with Crippen LogP contribution in [-0.4, -0.2) is 33.2 Å². The van der Waals surface area contributed by atoms with Gasteiger partial charge in [0.2, 0.25) is 15.9 Å². The van der Waals surface area contributed by atoms with Crippen molar-refractivity contribution in [3.05, 3.63) is 54.3 Å². The molecule has 26 heavy (non-hydrogen) atoms. The molecule has 1 amide bonds. The first-order valence-electron chi connectivity index (χ1n) is 8.01. The van der Waals surface area contributed by atoms with Crippen LogP contribution in [0.3, 0.4) is 0 Å². The van der Waals surface area contributed by atoms with E-state index in [1.54, 1.807) is 24.3 Å². The maximum absolute atomic E-state index is 13.1. The molecule has 2 aromatic carbocycles. The largest absolute Gasteiger partial charge is 0.494 e. The van der Waals surface area contributed by atoms with Gasteiger partial charge in [-0.25, -0.2) is 12.8 Å². The van der Waals surface area contributed by atoms with Crippen LogP contribution in [0.15, 0.2) is 48.5 Å². The third-order valence-electron chi connectivity index (χ3n) is 3.58. The lowest BCUT2D eigenvalue weighted by atomic mass is 10.2. The van der Waals surface area contributed by atoms with Gasteiger partial charge in [-0.05, 0) is 50.2 Å². The fraction of sp³-hybridized carbons (Fsp3) is 0.278. The lowest BCUT2D eigenvalue weighted by Crippen LogP contribution is -2.45. The van der Waals surface area contributed by atoms with Gasteiger partial charge in [0.1, 0.15) is 17.6 Å². The summed E-state index contributed by atoms with van der Waals surface area (Å²) in [7, 11) is -3.76. The summed E-state index contributed by atoms with van der Waals surface area (Å²) in [6.45, 7) is 3.80. The zero-order chi connectivity index (χ0) is 19.3. The van der Waals surface area contributed by atoms with Gasteiger partial charge in [-0.15, -0.1) is 0 Å². The molecule has 8 heteroatoms. The summed E-state index contributed by atoms with van der Waals surface area (Å²) in [5.74, 6) is -0.420. The van der Waals surface area contributed by atoms with Crippen LogP contribution >= 0.6 is 0 Å². The summed E-state index contributed by atoms with van der Waals surface area (Å²) >= 11 is 0. The van der Waals surface area contributed by atoms with E-state index in [1.165, 1.54) is 19.1 Å². The summed E-state index contributed by atoms with van der Waals surface area (Å²) in [6, 6.07) is 10.7. The lowest BCUT2D eigenvalue weighted by molar-refractivity contribution is -0.116. The number of carbonyl (C=O) groups is 1. The highest BCUT2D eigenvalue weighted by molar-refractivity contribution is 7.92.